The highest BCUT2D eigenvalue weighted by Gasteiger charge is 2.30. The van der Waals surface area contributed by atoms with Gasteiger partial charge in [-0.1, -0.05) is 12.5 Å². The number of nitrogens with one attached hydrogen (secondary N) is 1. The Morgan fingerprint density at radius 3 is 2.67 bits per heavy atom. The molecule has 70 valence electrons. The molecule has 1 rings (SSSR count). The van der Waals surface area contributed by atoms with E-state index in [-0.39, 0.29) is 0 Å². The lowest BCUT2D eigenvalue weighted by molar-refractivity contribution is 0.459. The smallest absolute Gasteiger partial charge is 0.0132 e. The van der Waals surface area contributed by atoms with Crippen LogP contribution in [-0.4, -0.2) is 12.6 Å². The predicted molar refractivity (Wildman–Crippen MR) is 54.2 cm³/mol. The average Bonchev–Trinajstić information content (AvgIpc) is 2.79. The normalized spacial score (nSPS) is 19.2. The molecule has 0 aliphatic heterocycles. The largest absolute Gasteiger partial charge is 0.313 e. The van der Waals surface area contributed by atoms with Gasteiger partial charge in [-0.25, -0.2) is 0 Å². The van der Waals surface area contributed by atoms with E-state index in [1.54, 1.807) is 0 Å². The van der Waals surface area contributed by atoms with Crippen molar-refractivity contribution in [3.05, 3.63) is 12.2 Å². The van der Waals surface area contributed by atoms with Crippen LogP contribution in [0.5, 0.6) is 0 Å². The van der Waals surface area contributed by atoms with E-state index < -0.39 is 0 Å². The minimum absolute atomic E-state index is 0.724. The van der Waals surface area contributed by atoms with Gasteiger partial charge in [0.25, 0.3) is 0 Å². The van der Waals surface area contributed by atoms with E-state index in [2.05, 4.69) is 25.7 Å². The van der Waals surface area contributed by atoms with Crippen molar-refractivity contribution in [3.8, 4) is 0 Å². The molecule has 1 N–H and O–H groups in total. The molecule has 0 radical (unpaired) electrons. The summed E-state index contributed by atoms with van der Waals surface area (Å²) in [5.41, 5.74) is 1.32. The Bertz CT molecular complexity index is 147. The molecule has 1 saturated carbocycles. The third-order valence-electron chi connectivity index (χ3n) is 2.42. The molecule has 0 aromatic heterocycles. The monoisotopic (exact) mass is 167 g/mol. The molecule has 12 heavy (non-hydrogen) atoms. The number of hydrogen-bond acceptors (Lipinski definition) is 1. The molecule has 0 heterocycles. The predicted octanol–water partition coefficient (Wildman–Crippen LogP) is 2.73. The summed E-state index contributed by atoms with van der Waals surface area (Å²) in [6.07, 6.45) is 5.26. The van der Waals surface area contributed by atoms with Gasteiger partial charge in [-0.2, -0.15) is 0 Å². The quantitative estimate of drug-likeness (QED) is 0.600. The van der Waals surface area contributed by atoms with E-state index in [4.69, 9.17) is 0 Å². The molecule has 0 amide bonds. The lowest BCUT2D eigenvalue weighted by Crippen LogP contribution is -2.31. The van der Waals surface area contributed by atoms with Crippen LogP contribution < -0.4 is 5.32 Å². The SMILES string of the molecule is C=C(C)CC(NCCC)C1CC1. The molecule has 0 aromatic rings. The standard InChI is InChI=1S/C11H21N/c1-4-7-12-11(8-9(2)3)10-5-6-10/h10-12H,2,4-8H2,1,3H3. The highest BCUT2D eigenvalue weighted by molar-refractivity contribution is 4.98. The molecule has 1 fully saturated rings. The summed E-state index contributed by atoms with van der Waals surface area (Å²) in [6.45, 7) is 9.48. The zero-order valence-electron chi connectivity index (χ0n) is 8.40. The van der Waals surface area contributed by atoms with E-state index in [1.165, 1.54) is 31.3 Å². The average molecular weight is 167 g/mol. The second-order valence-electron chi connectivity index (χ2n) is 4.06. The van der Waals surface area contributed by atoms with Crippen LogP contribution in [0.3, 0.4) is 0 Å². The van der Waals surface area contributed by atoms with Crippen LogP contribution in [0.15, 0.2) is 12.2 Å². The number of rotatable bonds is 6. The van der Waals surface area contributed by atoms with Gasteiger partial charge in [0.2, 0.25) is 0 Å². The minimum Gasteiger partial charge on any atom is -0.313 e. The fourth-order valence-corrected chi connectivity index (χ4v) is 1.61. The molecule has 1 nitrogen and oxygen atoms in total. The first-order valence-electron chi connectivity index (χ1n) is 5.11. The molecule has 1 heteroatoms. The van der Waals surface area contributed by atoms with E-state index in [0.29, 0.717) is 0 Å². The molecule has 1 aliphatic carbocycles. The van der Waals surface area contributed by atoms with Crippen LogP contribution in [0.1, 0.15) is 39.5 Å². The first kappa shape index (κ1) is 9.79. The van der Waals surface area contributed by atoms with Crippen molar-refractivity contribution in [2.75, 3.05) is 6.54 Å². The Hall–Kier alpha value is -0.300. The third-order valence-corrected chi connectivity index (χ3v) is 2.42. The number of hydrogen-bond donors (Lipinski definition) is 1. The molecular formula is C11H21N. The van der Waals surface area contributed by atoms with Gasteiger partial charge in [-0.05, 0) is 45.1 Å². The molecular weight excluding hydrogens is 146 g/mol. The van der Waals surface area contributed by atoms with Crippen molar-refractivity contribution in [2.45, 2.75) is 45.6 Å². The van der Waals surface area contributed by atoms with Gasteiger partial charge in [-0.15, -0.1) is 6.58 Å². The van der Waals surface area contributed by atoms with Gasteiger partial charge < -0.3 is 5.32 Å². The molecule has 0 saturated heterocycles. The van der Waals surface area contributed by atoms with E-state index in [9.17, 15) is 0 Å². The molecule has 1 unspecified atom stereocenters. The van der Waals surface area contributed by atoms with Crippen LogP contribution in [0.25, 0.3) is 0 Å². The topological polar surface area (TPSA) is 12.0 Å². The van der Waals surface area contributed by atoms with Gasteiger partial charge in [0.1, 0.15) is 0 Å². The summed E-state index contributed by atoms with van der Waals surface area (Å²) in [5, 5.41) is 3.60. The van der Waals surface area contributed by atoms with Crippen molar-refractivity contribution >= 4 is 0 Å². The van der Waals surface area contributed by atoms with Crippen LogP contribution in [0, 0.1) is 5.92 Å². The van der Waals surface area contributed by atoms with Gasteiger partial charge >= 0.3 is 0 Å². The Morgan fingerprint density at radius 1 is 1.58 bits per heavy atom. The fourth-order valence-electron chi connectivity index (χ4n) is 1.61. The Balaban J connectivity index is 2.22. The minimum atomic E-state index is 0.724. The zero-order valence-corrected chi connectivity index (χ0v) is 8.40. The van der Waals surface area contributed by atoms with Gasteiger partial charge in [0.15, 0.2) is 0 Å². The summed E-state index contributed by atoms with van der Waals surface area (Å²) in [7, 11) is 0. The molecule has 0 aromatic carbocycles. The van der Waals surface area contributed by atoms with E-state index >= 15 is 0 Å². The van der Waals surface area contributed by atoms with Crippen LogP contribution in [0.2, 0.25) is 0 Å². The Labute approximate surface area is 76.2 Å². The lowest BCUT2D eigenvalue weighted by atomic mass is 10.0. The van der Waals surface area contributed by atoms with Crippen molar-refractivity contribution in [2.24, 2.45) is 5.92 Å². The summed E-state index contributed by atoms with van der Waals surface area (Å²) in [6, 6.07) is 0.724. The summed E-state index contributed by atoms with van der Waals surface area (Å²) in [4.78, 5) is 0. The maximum absolute atomic E-state index is 3.97. The summed E-state index contributed by atoms with van der Waals surface area (Å²) >= 11 is 0. The van der Waals surface area contributed by atoms with Gasteiger partial charge in [-0.3, -0.25) is 0 Å². The maximum Gasteiger partial charge on any atom is 0.0132 e. The Kier molecular flexibility index (Phi) is 3.80. The van der Waals surface area contributed by atoms with Crippen molar-refractivity contribution in [1.29, 1.82) is 0 Å². The first-order chi connectivity index (χ1) is 5.74. The molecule has 0 bridgehead atoms. The highest BCUT2D eigenvalue weighted by Crippen LogP contribution is 2.34. The Morgan fingerprint density at radius 2 is 2.25 bits per heavy atom. The van der Waals surface area contributed by atoms with Crippen molar-refractivity contribution < 1.29 is 0 Å². The third kappa shape index (κ3) is 3.40. The lowest BCUT2D eigenvalue weighted by Gasteiger charge is -2.17. The maximum atomic E-state index is 3.97. The van der Waals surface area contributed by atoms with Gasteiger partial charge in [0.05, 0.1) is 0 Å². The second-order valence-corrected chi connectivity index (χ2v) is 4.06. The summed E-state index contributed by atoms with van der Waals surface area (Å²) < 4.78 is 0. The van der Waals surface area contributed by atoms with Crippen molar-refractivity contribution in [1.82, 2.24) is 5.32 Å². The second kappa shape index (κ2) is 4.66. The van der Waals surface area contributed by atoms with E-state index in [0.717, 1.165) is 18.5 Å². The van der Waals surface area contributed by atoms with Gasteiger partial charge in [0, 0.05) is 6.04 Å². The molecule has 0 spiro atoms. The molecule has 1 atom stereocenters. The molecule has 1 aliphatic rings. The van der Waals surface area contributed by atoms with Crippen LogP contribution in [-0.2, 0) is 0 Å². The summed E-state index contributed by atoms with van der Waals surface area (Å²) in [5.74, 6) is 0.952. The van der Waals surface area contributed by atoms with Crippen molar-refractivity contribution in [3.63, 3.8) is 0 Å². The van der Waals surface area contributed by atoms with Crippen LogP contribution in [0.4, 0.5) is 0 Å². The highest BCUT2D eigenvalue weighted by atomic mass is 14.9. The van der Waals surface area contributed by atoms with Crippen LogP contribution >= 0.6 is 0 Å². The first-order valence-corrected chi connectivity index (χ1v) is 5.11. The van der Waals surface area contributed by atoms with E-state index in [1.807, 2.05) is 0 Å². The fraction of sp³-hybridized carbons (Fsp3) is 0.818. The zero-order chi connectivity index (χ0) is 8.97.